The van der Waals surface area contributed by atoms with Gasteiger partial charge in [-0.1, -0.05) is 29.8 Å². The number of hydrogen-bond acceptors (Lipinski definition) is 5. The highest BCUT2D eigenvalue weighted by Crippen LogP contribution is 2.27. The molecule has 1 heterocycles. The summed E-state index contributed by atoms with van der Waals surface area (Å²) in [5.74, 6) is -1.85. The first-order valence-electron chi connectivity index (χ1n) is 11.4. The Morgan fingerprint density at radius 1 is 1.00 bits per heavy atom. The van der Waals surface area contributed by atoms with Gasteiger partial charge in [0.05, 0.1) is 5.02 Å². The SMILES string of the molecule is Cc1cccc(NC(=O)CN2C(=O)N/C(=C/c3ccc(OCC(=O)Nc4ccc(F)cc4)c(Cl)c3)C2=O)c1. The summed E-state index contributed by atoms with van der Waals surface area (Å²) < 4.78 is 18.4. The van der Waals surface area contributed by atoms with E-state index in [2.05, 4.69) is 16.0 Å². The van der Waals surface area contributed by atoms with Gasteiger partial charge in [0.2, 0.25) is 5.91 Å². The van der Waals surface area contributed by atoms with Gasteiger partial charge in [-0.05, 0) is 72.7 Å². The van der Waals surface area contributed by atoms with E-state index >= 15 is 0 Å². The molecule has 1 saturated heterocycles. The predicted octanol–water partition coefficient (Wildman–Crippen LogP) is 4.34. The fourth-order valence-electron chi connectivity index (χ4n) is 3.55. The number of imide groups is 1. The van der Waals surface area contributed by atoms with E-state index in [1.165, 1.54) is 42.5 Å². The second-order valence-corrected chi connectivity index (χ2v) is 8.74. The molecular formula is C27H22ClFN4O5. The van der Waals surface area contributed by atoms with Gasteiger partial charge in [-0.25, -0.2) is 14.1 Å². The van der Waals surface area contributed by atoms with Crippen LogP contribution in [0, 0.1) is 12.7 Å². The van der Waals surface area contributed by atoms with Crippen LogP contribution in [-0.4, -0.2) is 41.8 Å². The fraction of sp³-hybridized carbons (Fsp3) is 0.111. The average molecular weight is 537 g/mol. The molecule has 0 spiro atoms. The maximum absolute atomic E-state index is 13.0. The van der Waals surface area contributed by atoms with Gasteiger partial charge in [0, 0.05) is 11.4 Å². The first-order valence-corrected chi connectivity index (χ1v) is 11.7. The summed E-state index contributed by atoms with van der Waals surface area (Å²) in [6.07, 6.45) is 1.41. The lowest BCUT2D eigenvalue weighted by atomic mass is 10.2. The van der Waals surface area contributed by atoms with E-state index in [0.717, 1.165) is 10.5 Å². The first kappa shape index (κ1) is 26.4. The summed E-state index contributed by atoms with van der Waals surface area (Å²) in [6.45, 7) is 1.08. The van der Waals surface area contributed by atoms with Crippen molar-refractivity contribution in [3.63, 3.8) is 0 Å². The van der Waals surface area contributed by atoms with Crippen LogP contribution in [0.15, 0.2) is 72.4 Å². The van der Waals surface area contributed by atoms with Gasteiger partial charge in [-0.3, -0.25) is 14.4 Å². The van der Waals surface area contributed by atoms with Crippen molar-refractivity contribution in [1.29, 1.82) is 0 Å². The Morgan fingerprint density at radius 3 is 2.45 bits per heavy atom. The highest BCUT2D eigenvalue weighted by atomic mass is 35.5. The second-order valence-electron chi connectivity index (χ2n) is 8.33. The van der Waals surface area contributed by atoms with E-state index in [0.29, 0.717) is 16.9 Å². The zero-order valence-corrected chi connectivity index (χ0v) is 20.8. The van der Waals surface area contributed by atoms with Crippen molar-refractivity contribution >= 4 is 52.8 Å². The van der Waals surface area contributed by atoms with Gasteiger partial charge in [-0.15, -0.1) is 0 Å². The summed E-state index contributed by atoms with van der Waals surface area (Å²) in [5, 5.41) is 7.84. The van der Waals surface area contributed by atoms with Gasteiger partial charge >= 0.3 is 6.03 Å². The molecule has 4 rings (SSSR count). The number of nitrogens with zero attached hydrogens (tertiary/aromatic N) is 1. The molecule has 38 heavy (non-hydrogen) atoms. The number of aryl methyl sites for hydroxylation is 1. The zero-order chi connectivity index (χ0) is 27.2. The van der Waals surface area contributed by atoms with Gasteiger partial charge in [0.25, 0.3) is 11.8 Å². The number of carbonyl (C=O) groups is 4. The van der Waals surface area contributed by atoms with Crippen molar-refractivity contribution in [2.45, 2.75) is 6.92 Å². The van der Waals surface area contributed by atoms with Crippen LogP contribution in [0.3, 0.4) is 0 Å². The van der Waals surface area contributed by atoms with Crippen LogP contribution >= 0.6 is 11.6 Å². The largest absolute Gasteiger partial charge is 0.482 e. The van der Waals surface area contributed by atoms with Crippen molar-refractivity contribution < 1.29 is 28.3 Å². The molecule has 0 saturated carbocycles. The molecule has 9 nitrogen and oxygen atoms in total. The molecule has 0 radical (unpaired) electrons. The highest BCUT2D eigenvalue weighted by molar-refractivity contribution is 6.32. The minimum Gasteiger partial charge on any atom is -0.482 e. The van der Waals surface area contributed by atoms with Crippen molar-refractivity contribution in [2.24, 2.45) is 0 Å². The topological polar surface area (TPSA) is 117 Å². The molecule has 5 amide bonds. The van der Waals surface area contributed by atoms with E-state index in [9.17, 15) is 23.6 Å². The van der Waals surface area contributed by atoms with E-state index in [1.54, 1.807) is 24.3 Å². The smallest absolute Gasteiger partial charge is 0.329 e. The molecule has 1 aliphatic rings. The van der Waals surface area contributed by atoms with E-state index in [-0.39, 0.29) is 23.1 Å². The van der Waals surface area contributed by atoms with Crippen molar-refractivity contribution in [3.8, 4) is 5.75 Å². The number of urea groups is 1. The molecule has 1 aliphatic heterocycles. The van der Waals surface area contributed by atoms with Crippen LogP contribution in [0.4, 0.5) is 20.6 Å². The Kier molecular flexibility index (Phi) is 8.03. The molecule has 3 aromatic carbocycles. The van der Waals surface area contributed by atoms with Gasteiger partial charge in [-0.2, -0.15) is 0 Å². The third-order valence-electron chi connectivity index (χ3n) is 5.32. The predicted molar refractivity (Wildman–Crippen MR) is 140 cm³/mol. The molecule has 0 aromatic heterocycles. The zero-order valence-electron chi connectivity index (χ0n) is 20.1. The number of nitrogens with one attached hydrogen (secondary N) is 3. The minimum atomic E-state index is -0.723. The van der Waals surface area contributed by atoms with Crippen LogP contribution in [0.25, 0.3) is 6.08 Å². The Hall–Kier alpha value is -4.70. The molecule has 0 atom stereocenters. The van der Waals surface area contributed by atoms with Crippen LogP contribution < -0.4 is 20.7 Å². The molecular weight excluding hydrogens is 515 g/mol. The third kappa shape index (κ3) is 6.74. The van der Waals surface area contributed by atoms with Crippen LogP contribution in [-0.2, 0) is 14.4 Å². The number of amides is 5. The number of benzene rings is 3. The number of halogens is 2. The lowest BCUT2D eigenvalue weighted by Gasteiger charge is -2.12. The number of anilines is 2. The number of ether oxygens (including phenoxy) is 1. The van der Waals surface area contributed by atoms with E-state index in [1.807, 2.05) is 13.0 Å². The van der Waals surface area contributed by atoms with Crippen LogP contribution in [0.5, 0.6) is 5.75 Å². The summed E-state index contributed by atoms with van der Waals surface area (Å²) >= 11 is 6.26. The van der Waals surface area contributed by atoms with Gasteiger partial charge < -0.3 is 20.7 Å². The summed E-state index contributed by atoms with van der Waals surface area (Å²) in [7, 11) is 0. The van der Waals surface area contributed by atoms with Gasteiger partial charge in [0.15, 0.2) is 6.61 Å². The standard InChI is InChI=1S/C27H22ClFN4O5/c1-16-3-2-4-20(11-16)31-24(34)14-33-26(36)22(32-27(33)37)13-17-5-10-23(21(28)12-17)38-15-25(35)30-19-8-6-18(29)7-9-19/h2-13H,14-15H2,1H3,(H,30,35)(H,31,34)(H,32,37)/b22-13+. The first-order chi connectivity index (χ1) is 18.2. The van der Waals surface area contributed by atoms with Gasteiger partial charge in [0.1, 0.15) is 23.8 Å². The Balaban J connectivity index is 1.34. The minimum absolute atomic E-state index is 0.0261. The molecule has 0 aliphatic carbocycles. The van der Waals surface area contributed by atoms with Crippen molar-refractivity contribution in [1.82, 2.24) is 10.2 Å². The molecule has 0 unspecified atom stereocenters. The fourth-order valence-corrected chi connectivity index (χ4v) is 3.79. The molecule has 0 bridgehead atoms. The maximum atomic E-state index is 13.0. The number of rotatable bonds is 8. The summed E-state index contributed by atoms with van der Waals surface area (Å²) in [4.78, 5) is 50.3. The molecule has 11 heteroatoms. The van der Waals surface area contributed by atoms with Crippen molar-refractivity contribution in [2.75, 3.05) is 23.8 Å². The lowest BCUT2D eigenvalue weighted by Crippen LogP contribution is -2.38. The lowest BCUT2D eigenvalue weighted by molar-refractivity contribution is -0.127. The molecule has 194 valence electrons. The average Bonchev–Trinajstić information content (AvgIpc) is 3.12. The quantitative estimate of drug-likeness (QED) is 0.292. The number of hydrogen-bond donors (Lipinski definition) is 3. The Bertz CT molecular complexity index is 1440. The summed E-state index contributed by atoms with van der Waals surface area (Å²) in [6, 6.07) is 16.3. The summed E-state index contributed by atoms with van der Waals surface area (Å²) in [5.41, 5.74) is 2.38. The Labute approximate surface area is 222 Å². The number of carbonyl (C=O) groups excluding carboxylic acids is 4. The van der Waals surface area contributed by atoms with Crippen molar-refractivity contribution in [3.05, 3.63) is 94.4 Å². The molecule has 3 aromatic rings. The Morgan fingerprint density at radius 2 is 1.74 bits per heavy atom. The monoisotopic (exact) mass is 536 g/mol. The normalized spacial score (nSPS) is 13.9. The molecule has 1 fully saturated rings. The van der Waals surface area contributed by atoms with E-state index < -0.39 is 36.1 Å². The highest BCUT2D eigenvalue weighted by Gasteiger charge is 2.35. The van der Waals surface area contributed by atoms with Crippen LogP contribution in [0.2, 0.25) is 5.02 Å². The second kappa shape index (κ2) is 11.6. The molecule has 3 N–H and O–H groups in total. The third-order valence-corrected chi connectivity index (χ3v) is 5.61. The maximum Gasteiger partial charge on any atom is 0.329 e. The van der Waals surface area contributed by atoms with E-state index in [4.69, 9.17) is 16.3 Å². The van der Waals surface area contributed by atoms with Crippen LogP contribution in [0.1, 0.15) is 11.1 Å².